The largest absolute Gasteiger partial charge is 0.360 e. The fourth-order valence-corrected chi connectivity index (χ4v) is 7.20. The zero-order chi connectivity index (χ0) is 25.1. The highest BCUT2D eigenvalue weighted by molar-refractivity contribution is 7.89. The van der Waals surface area contributed by atoms with Gasteiger partial charge in [-0.25, -0.2) is 17.1 Å². The number of halogens is 1. The zero-order valence-corrected chi connectivity index (χ0v) is 21.3. The summed E-state index contributed by atoms with van der Waals surface area (Å²) in [4.78, 5) is 12.5. The summed E-state index contributed by atoms with van der Waals surface area (Å²) in [6.45, 7) is 1.54. The highest BCUT2D eigenvalue weighted by atomic mass is 32.2. The molecule has 2 heterocycles. The third kappa shape index (κ3) is 6.52. The van der Waals surface area contributed by atoms with E-state index in [0.29, 0.717) is 50.1 Å². The van der Waals surface area contributed by atoms with Crippen LogP contribution in [0.4, 0.5) is 4.39 Å². The lowest BCUT2D eigenvalue weighted by molar-refractivity contribution is 0.0914. The predicted octanol–water partition coefficient (Wildman–Crippen LogP) is 3.56. The number of nitrogens with one attached hydrogen (secondary N) is 2. The van der Waals surface area contributed by atoms with E-state index >= 15 is 0 Å². The molecule has 1 saturated heterocycles. The van der Waals surface area contributed by atoms with Crippen LogP contribution in [0, 0.1) is 11.7 Å². The second-order valence-electron chi connectivity index (χ2n) is 10.5. The first-order valence-corrected chi connectivity index (χ1v) is 14.7. The topological polar surface area (TPSA) is 105 Å². The van der Waals surface area contributed by atoms with E-state index in [0.717, 1.165) is 49.8 Å². The fraction of sp³-hybridized carbons (Fsp3) is 0.615. The summed E-state index contributed by atoms with van der Waals surface area (Å²) in [5, 5.41) is 10.4. The van der Waals surface area contributed by atoms with Crippen LogP contribution in [-0.2, 0) is 16.6 Å². The summed E-state index contributed by atoms with van der Waals surface area (Å²) >= 11 is 0. The predicted molar refractivity (Wildman–Crippen MR) is 133 cm³/mol. The molecule has 1 aliphatic heterocycles. The Hall–Kier alpha value is -2.30. The van der Waals surface area contributed by atoms with E-state index in [-0.39, 0.29) is 29.4 Å². The molecule has 2 N–H and O–H groups in total. The fourth-order valence-electron chi connectivity index (χ4n) is 5.30. The number of hydrogen-bond donors (Lipinski definition) is 2. The lowest BCUT2D eigenvalue weighted by atomic mass is 9.87. The van der Waals surface area contributed by atoms with Crippen molar-refractivity contribution in [2.24, 2.45) is 5.92 Å². The van der Waals surface area contributed by atoms with E-state index in [1.54, 1.807) is 22.5 Å². The summed E-state index contributed by atoms with van der Waals surface area (Å²) in [6, 6.07) is 8.53. The maximum Gasteiger partial charge on any atom is 0.273 e. The summed E-state index contributed by atoms with van der Waals surface area (Å²) in [5.41, 5.74) is 1.35. The minimum absolute atomic E-state index is 0.0624. The van der Waals surface area contributed by atoms with Crippen LogP contribution >= 0.6 is 0 Å². The van der Waals surface area contributed by atoms with Crippen LogP contribution < -0.4 is 10.6 Å². The van der Waals surface area contributed by atoms with Gasteiger partial charge >= 0.3 is 0 Å². The molecule has 2 aromatic rings. The summed E-state index contributed by atoms with van der Waals surface area (Å²) < 4.78 is 46.0. The van der Waals surface area contributed by atoms with E-state index in [9.17, 15) is 17.6 Å². The number of aromatic nitrogens is 1. The number of sulfonamides is 1. The average molecular weight is 519 g/mol. The Morgan fingerprint density at radius 3 is 2.36 bits per heavy atom. The van der Waals surface area contributed by atoms with Crippen LogP contribution in [0.1, 0.15) is 79.1 Å². The molecule has 0 atom stereocenters. The third-order valence-corrected chi connectivity index (χ3v) is 9.77. The van der Waals surface area contributed by atoms with E-state index in [4.69, 9.17) is 4.52 Å². The van der Waals surface area contributed by atoms with Gasteiger partial charge in [-0.05, 0) is 75.0 Å². The third-order valence-electron chi connectivity index (χ3n) is 7.72. The van der Waals surface area contributed by atoms with Crippen molar-refractivity contribution in [3.63, 3.8) is 0 Å². The van der Waals surface area contributed by atoms with Crippen LogP contribution in [0.3, 0.4) is 0 Å². The monoisotopic (exact) mass is 518 g/mol. The molecule has 0 spiro atoms. The Morgan fingerprint density at radius 1 is 1.00 bits per heavy atom. The molecule has 10 heteroatoms. The van der Waals surface area contributed by atoms with Crippen LogP contribution in [0.25, 0.3) is 0 Å². The Kier molecular flexibility index (Phi) is 7.73. The molecule has 3 fully saturated rings. The summed E-state index contributed by atoms with van der Waals surface area (Å²) in [5.74, 6) is 1.06. The first-order chi connectivity index (χ1) is 17.4. The lowest BCUT2D eigenvalue weighted by Gasteiger charge is -2.34. The molecule has 2 aliphatic carbocycles. The smallest absolute Gasteiger partial charge is 0.273 e. The molecule has 8 nitrogen and oxygen atoms in total. The van der Waals surface area contributed by atoms with Gasteiger partial charge in [0.25, 0.3) is 5.91 Å². The zero-order valence-electron chi connectivity index (χ0n) is 20.5. The van der Waals surface area contributed by atoms with Crippen molar-refractivity contribution in [1.82, 2.24) is 20.1 Å². The highest BCUT2D eigenvalue weighted by Gasteiger charge is 2.33. The molecule has 0 radical (unpaired) electrons. The SMILES string of the molecule is O=C(NC1CCN(S(=O)(=O)CC2CCC(NCc3ccc(F)cc3)CC2)CC1)c1cc(C2CC2)on1. The number of hydrogen-bond acceptors (Lipinski definition) is 6. The number of rotatable bonds is 9. The van der Waals surface area contributed by atoms with Crippen molar-refractivity contribution in [2.45, 2.75) is 75.9 Å². The van der Waals surface area contributed by atoms with Crippen molar-refractivity contribution >= 4 is 15.9 Å². The summed E-state index contributed by atoms with van der Waals surface area (Å²) in [7, 11) is -3.33. The van der Waals surface area contributed by atoms with Gasteiger partial charge in [0.1, 0.15) is 11.6 Å². The number of carbonyl (C=O) groups excluding carboxylic acids is 1. The van der Waals surface area contributed by atoms with Crippen molar-refractivity contribution in [1.29, 1.82) is 0 Å². The van der Waals surface area contributed by atoms with E-state index in [1.807, 2.05) is 0 Å². The molecule has 196 valence electrons. The molecular weight excluding hydrogens is 483 g/mol. The normalized spacial score (nSPS) is 24.0. The van der Waals surface area contributed by atoms with Crippen molar-refractivity contribution < 1.29 is 22.1 Å². The number of benzene rings is 1. The van der Waals surface area contributed by atoms with Crippen LogP contribution in [-0.4, -0.2) is 54.7 Å². The Bertz CT molecular complexity index is 1130. The lowest BCUT2D eigenvalue weighted by Crippen LogP contribution is -2.47. The van der Waals surface area contributed by atoms with Gasteiger partial charge in [0.15, 0.2) is 5.69 Å². The Morgan fingerprint density at radius 2 is 1.69 bits per heavy atom. The minimum Gasteiger partial charge on any atom is -0.360 e. The number of piperidine rings is 1. The molecule has 5 rings (SSSR count). The average Bonchev–Trinajstić information content (AvgIpc) is 3.60. The van der Waals surface area contributed by atoms with Crippen LogP contribution in [0.5, 0.6) is 0 Å². The van der Waals surface area contributed by atoms with Gasteiger partial charge in [0.2, 0.25) is 10.0 Å². The van der Waals surface area contributed by atoms with Gasteiger partial charge in [-0.15, -0.1) is 0 Å². The minimum atomic E-state index is -3.33. The molecule has 1 aromatic heterocycles. The second-order valence-corrected chi connectivity index (χ2v) is 12.6. The van der Waals surface area contributed by atoms with Crippen LogP contribution in [0.15, 0.2) is 34.9 Å². The first-order valence-electron chi connectivity index (χ1n) is 13.1. The Balaban J connectivity index is 1.02. The standard InChI is InChI=1S/C26H35FN4O4S/c27-21-7-1-18(2-8-21)16-28-22-9-3-19(4-10-22)17-36(33,34)31-13-11-23(12-14-31)29-26(32)24-15-25(35-30-24)20-5-6-20/h1-2,7-8,15,19-20,22-23,28H,3-6,9-14,16-17H2,(H,29,32). The van der Waals surface area contributed by atoms with Gasteiger partial charge in [-0.3, -0.25) is 4.79 Å². The van der Waals surface area contributed by atoms with E-state index in [1.165, 1.54) is 12.1 Å². The van der Waals surface area contributed by atoms with Gasteiger partial charge in [-0.2, -0.15) is 0 Å². The number of carbonyl (C=O) groups is 1. The van der Waals surface area contributed by atoms with E-state index in [2.05, 4.69) is 15.8 Å². The maximum absolute atomic E-state index is 13.1. The number of amides is 1. The molecule has 0 unspecified atom stereocenters. The van der Waals surface area contributed by atoms with Gasteiger partial charge in [0, 0.05) is 43.7 Å². The van der Waals surface area contributed by atoms with Crippen molar-refractivity contribution in [3.05, 3.63) is 53.2 Å². The van der Waals surface area contributed by atoms with E-state index < -0.39 is 10.0 Å². The first kappa shape index (κ1) is 25.4. The second kappa shape index (κ2) is 11.0. The highest BCUT2D eigenvalue weighted by Crippen LogP contribution is 2.40. The quantitative estimate of drug-likeness (QED) is 0.526. The number of nitrogens with zero attached hydrogens (tertiary/aromatic N) is 2. The molecule has 1 amide bonds. The van der Waals surface area contributed by atoms with Gasteiger partial charge in [-0.1, -0.05) is 17.3 Å². The molecule has 1 aromatic carbocycles. The van der Waals surface area contributed by atoms with Crippen molar-refractivity contribution in [3.8, 4) is 0 Å². The molecule has 36 heavy (non-hydrogen) atoms. The maximum atomic E-state index is 13.1. The van der Waals surface area contributed by atoms with Crippen LogP contribution in [0.2, 0.25) is 0 Å². The summed E-state index contributed by atoms with van der Waals surface area (Å²) in [6.07, 6.45) is 7.01. The molecule has 3 aliphatic rings. The molecule has 2 saturated carbocycles. The van der Waals surface area contributed by atoms with Gasteiger partial charge in [0.05, 0.1) is 5.75 Å². The molecular formula is C26H35FN4O4S. The van der Waals surface area contributed by atoms with Crippen molar-refractivity contribution in [2.75, 3.05) is 18.8 Å². The van der Waals surface area contributed by atoms with Gasteiger partial charge < -0.3 is 15.2 Å². The molecule has 0 bridgehead atoms. The Labute approximate surface area is 212 Å².